The Kier molecular flexibility index (Phi) is 5.59. The average molecular weight is 344 g/mol. The minimum Gasteiger partial charge on any atom is -0.480 e. The third-order valence-corrected chi connectivity index (χ3v) is 3.65. The molecule has 7 heteroatoms. The molecular formula is C18H20N2O5. The van der Waals surface area contributed by atoms with Crippen LogP contribution in [0.5, 0.6) is 0 Å². The zero-order valence-electron chi connectivity index (χ0n) is 14.2. The Balaban J connectivity index is 2.05. The van der Waals surface area contributed by atoms with Crippen LogP contribution in [0.15, 0.2) is 41.0 Å². The van der Waals surface area contributed by atoms with Crippen molar-refractivity contribution in [2.24, 2.45) is 0 Å². The van der Waals surface area contributed by atoms with Crippen LogP contribution >= 0.6 is 0 Å². The van der Waals surface area contributed by atoms with Gasteiger partial charge in [-0.3, -0.25) is 14.4 Å². The van der Waals surface area contributed by atoms with E-state index < -0.39 is 17.9 Å². The zero-order valence-corrected chi connectivity index (χ0v) is 14.2. The highest BCUT2D eigenvalue weighted by Gasteiger charge is 2.18. The first-order chi connectivity index (χ1) is 11.8. The summed E-state index contributed by atoms with van der Waals surface area (Å²) in [7, 11) is 0. The van der Waals surface area contributed by atoms with Gasteiger partial charge in [-0.1, -0.05) is 13.8 Å². The normalized spacial score (nSPS) is 11.8. The predicted molar refractivity (Wildman–Crippen MR) is 91.8 cm³/mol. The van der Waals surface area contributed by atoms with Gasteiger partial charge >= 0.3 is 5.97 Å². The fourth-order valence-corrected chi connectivity index (χ4v) is 2.19. The van der Waals surface area contributed by atoms with Crippen LogP contribution in [-0.4, -0.2) is 28.9 Å². The molecule has 2 amide bonds. The third-order valence-electron chi connectivity index (χ3n) is 3.65. The number of rotatable bonds is 6. The van der Waals surface area contributed by atoms with E-state index >= 15 is 0 Å². The van der Waals surface area contributed by atoms with Crippen molar-refractivity contribution in [3.8, 4) is 0 Å². The number of carbonyl (C=O) groups excluding carboxylic acids is 2. The molecule has 0 bridgehead atoms. The lowest BCUT2D eigenvalue weighted by molar-refractivity contribution is -0.138. The molecule has 0 unspecified atom stereocenters. The maximum atomic E-state index is 12.3. The first-order valence-corrected chi connectivity index (χ1v) is 7.82. The highest BCUT2D eigenvalue weighted by Crippen LogP contribution is 2.21. The Bertz CT molecular complexity index is 777. The number of furan rings is 1. The second-order valence-electron chi connectivity index (χ2n) is 5.92. The maximum Gasteiger partial charge on any atom is 0.325 e. The molecule has 132 valence electrons. The number of hydrogen-bond acceptors (Lipinski definition) is 4. The minimum absolute atomic E-state index is 0.154. The van der Waals surface area contributed by atoms with Crippen LogP contribution < -0.4 is 10.6 Å². The van der Waals surface area contributed by atoms with E-state index in [0.717, 1.165) is 5.56 Å². The van der Waals surface area contributed by atoms with Gasteiger partial charge in [-0.15, -0.1) is 0 Å². The van der Waals surface area contributed by atoms with Gasteiger partial charge in [-0.25, -0.2) is 0 Å². The number of anilines is 1. The Labute approximate surface area is 145 Å². The second-order valence-corrected chi connectivity index (χ2v) is 5.92. The van der Waals surface area contributed by atoms with Gasteiger partial charge in [0.05, 0.1) is 6.26 Å². The lowest BCUT2D eigenvalue weighted by Gasteiger charge is -2.10. The molecule has 0 saturated carbocycles. The van der Waals surface area contributed by atoms with E-state index in [1.165, 1.54) is 25.3 Å². The molecule has 0 saturated heterocycles. The molecule has 1 aromatic carbocycles. The van der Waals surface area contributed by atoms with Gasteiger partial charge in [0.15, 0.2) is 5.76 Å². The molecule has 1 heterocycles. The van der Waals surface area contributed by atoms with Gasteiger partial charge < -0.3 is 20.2 Å². The summed E-state index contributed by atoms with van der Waals surface area (Å²) < 4.78 is 5.26. The van der Waals surface area contributed by atoms with Crippen LogP contribution in [0.25, 0.3) is 0 Å². The summed E-state index contributed by atoms with van der Waals surface area (Å²) in [6.45, 7) is 5.31. The molecule has 25 heavy (non-hydrogen) atoms. The van der Waals surface area contributed by atoms with E-state index in [9.17, 15) is 14.4 Å². The van der Waals surface area contributed by atoms with E-state index in [-0.39, 0.29) is 17.6 Å². The summed E-state index contributed by atoms with van der Waals surface area (Å²) in [4.78, 5) is 35.0. The van der Waals surface area contributed by atoms with Crippen LogP contribution in [0.1, 0.15) is 53.2 Å². The van der Waals surface area contributed by atoms with Crippen LogP contribution in [0.2, 0.25) is 0 Å². The van der Waals surface area contributed by atoms with E-state index in [0.29, 0.717) is 11.3 Å². The van der Waals surface area contributed by atoms with Gasteiger partial charge in [0.2, 0.25) is 0 Å². The van der Waals surface area contributed by atoms with E-state index in [1.54, 1.807) is 18.2 Å². The largest absolute Gasteiger partial charge is 0.480 e. The molecule has 2 rings (SSSR count). The number of aliphatic carboxylic acids is 1. The number of carboxylic acids is 1. The van der Waals surface area contributed by atoms with Gasteiger partial charge in [0.1, 0.15) is 6.04 Å². The van der Waals surface area contributed by atoms with Crippen molar-refractivity contribution in [3.63, 3.8) is 0 Å². The van der Waals surface area contributed by atoms with Crippen molar-refractivity contribution >= 4 is 23.5 Å². The molecule has 7 nitrogen and oxygen atoms in total. The van der Waals surface area contributed by atoms with Gasteiger partial charge in [0, 0.05) is 16.8 Å². The number of amides is 2. The number of carbonyl (C=O) groups is 3. The van der Waals surface area contributed by atoms with Crippen LogP contribution in [-0.2, 0) is 4.79 Å². The fraction of sp³-hybridized carbons (Fsp3) is 0.278. The Morgan fingerprint density at radius 1 is 1.00 bits per heavy atom. The minimum atomic E-state index is -1.11. The number of carboxylic acid groups (broad SMARTS) is 1. The fourth-order valence-electron chi connectivity index (χ4n) is 2.19. The second kappa shape index (κ2) is 7.65. The Morgan fingerprint density at radius 2 is 1.64 bits per heavy atom. The summed E-state index contributed by atoms with van der Waals surface area (Å²) in [5, 5.41) is 13.9. The molecule has 0 aliphatic heterocycles. The number of nitrogens with one attached hydrogen (secondary N) is 2. The first-order valence-electron chi connectivity index (χ1n) is 7.82. The van der Waals surface area contributed by atoms with Crippen molar-refractivity contribution < 1.29 is 23.9 Å². The van der Waals surface area contributed by atoms with E-state index in [4.69, 9.17) is 9.52 Å². The molecule has 0 fully saturated rings. The predicted octanol–water partition coefficient (Wildman–Crippen LogP) is 2.86. The Hall–Kier alpha value is -3.09. The van der Waals surface area contributed by atoms with Gasteiger partial charge in [-0.2, -0.15) is 0 Å². The lowest BCUT2D eigenvalue weighted by atomic mass is 10.0. The summed E-state index contributed by atoms with van der Waals surface area (Å²) in [6.07, 6.45) is 1.47. The number of benzene rings is 1. The van der Waals surface area contributed by atoms with Crippen molar-refractivity contribution in [1.82, 2.24) is 5.32 Å². The molecule has 3 N–H and O–H groups in total. The first kappa shape index (κ1) is 18.3. The number of hydrogen-bond donors (Lipinski definition) is 3. The lowest BCUT2D eigenvalue weighted by Crippen LogP contribution is -2.38. The molecule has 0 spiro atoms. The average Bonchev–Trinajstić information content (AvgIpc) is 3.05. The quantitative estimate of drug-likeness (QED) is 0.746. The molecule has 1 atom stereocenters. The molecule has 1 aromatic heterocycles. The summed E-state index contributed by atoms with van der Waals surface area (Å²) in [5.41, 5.74) is 1.61. The standard InChI is InChI=1S/C18H20N2O5/c1-10(2)14-8-9-25-15(14)17(22)20-13-6-4-12(5-7-13)16(21)19-11(3)18(23)24/h4-11H,1-3H3,(H,19,21)(H,20,22)(H,23,24)/t11-/m1/s1. The molecule has 0 aliphatic carbocycles. The summed E-state index contributed by atoms with van der Waals surface area (Å²) in [5.74, 6) is -1.57. The van der Waals surface area contributed by atoms with Crippen LogP contribution in [0.3, 0.4) is 0 Å². The summed E-state index contributed by atoms with van der Waals surface area (Å²) in [6, 6.07) is 6.92. The summed E-state index contributed by atoms with van der Waals surface area (Å²) >= 11 is 0. The maximum absolute atomic E-state index is 12.3. The van der Waals surface area contributed by atoms with E-state index in [1.807, 2.05) is 13.8 Å². The highest BCUT2D eigenvalue weighted by molar-refractivity contribution is 6.03. The van der Waals surface area contributed by atoms with Crippen molar-refractivity contribution in [3.05, 3.63) is 53.5 Å². The molecule has 0 radical (unpaired) electrons. The van der Waals surface area contributed by atoms with Gasteiger partial charge in [0.25, 0.3) is 11.8 Å². The topological polar surface area (TPSA) is 109 Å². The van der Waals surface area contributed by atoms with Crippen molar-refractivity contribution in [1.29, 1.82) is 0 Å². The Morgan fingerprint density at radius 3 is 2.20 bits per heavy atom. The van der Waals surface area contributed by atoms with E-state index in [2.05, 4.69) is 10.6 Å². The monoisotopic (exact) mass is 344 g/mol. The highest BCUT2D eigenvalue weighted by atomic mass is 16.4. The zero-order chi connectivity index (χ0) is 18.6. The molecular weight excluding hydrogens is 324 g/mol. The SMILES string of the molecule is CC(C)c1ccoc1C(=O)Nc1ccc(C(=O)N[C@H](C)C(=O)O)cc1. The van der Waals surface area contributed by atoms with Crippen LogP contribution in [0.4, 0.5) is 5.69 Å². The van der Waals surface area contributed by atoms with Crippen molar-refractivity contribution in [2.75, 3.05) is 5.32 Å². The smallest absolute Gasteiger partial charge is 0.325 e. The van der Waals surface area contributed by atoms with Crippen molar-refractivity contribution in [2.45, 2.75) is 32.7 Å². The van der Waals surface area contributed by atoms with Crippen LogP contribution in [0, 0.1) is 0 Å². The molecule has 0 aliphatic rings. The molecule has 2 aromatic rings. The van der Waals surface area contributed by atoms with Gasteiger partial charge in [-0.05, 0) is 43.2 Å². The third kappa shape index (κ3) is 4.47.